The van der Waals surface area contributed by atoms with Crippen molar-refractivity contribution in [3.05, 3.63) is 71.1 Å². The fourth-order valence-electron chi connectivity index (χ4n) is 3.29. The minimum absolute atomic E-state index is 0.00242. The molecule has 1 aliphatic heterocycles. The van der Waals surface area contributed by atoms with Crippen LogP contribution in [0.15, 0.2) is 57.8 Å². The summed E-state index contributed by atoms with van der Waals surface area (Å²) >= 11 is 0. The van der Waals surface area contributed by atoms with Gasteiger partial charge in [0.1, 0.15) is 5.76 Å². The van der Waals surface area contributed by atoms with E-state index in [1.165, 1.54) is 0 Å². The van der Waals surface area contributed by atoms with Gasteiger partial charge >= 0.3 is 0 Å². The molecule has 1 saturated heterocycles. The molecule has 6 nitrogen and oxygen atoms in total. The summed E-state index contributed by atoms with van der Waals surface area (Å²) in [4.78, 5) is 19.7. The molecule has 0 saturated carbocycles. The molecule has 0 N–H and O–H groups in total. The maximum absolute atomic E-state index is 12.7. The van der Waals surface area contributed by atoms with Gasteiger partial charge in [0, 0.05) is 29.1 Å². The van der Waals surface area contributed by atoms with Gasteiger partial charge in [0.25, 0.3) is 5.91 Å². The molecule has 2 aromatic carbocycles. The van der Waals surface area contributed by atoms with E-state index in [4.69, 9.17) is 9.15 Å². The first-order chi connectivity index (χ1) is 14.5. The number of carbonyl (C=O) groups excluding carboxylic acids is 1. The van der Waals surface area contributed by atoms with E-state index in [1.54, 1.807) is 17.0 Å². The Labute approximate surface area is 178 Å². The number of morpholine rings is 1. The summed E-state index contributed by atoms with van der Waals surface area (Å²) in [5.41, 5.74) is 3.22. The van der Waals surface area contributed by atoms with E-state index >= 15 is 0 Å². The van der Waals surface area contributed by atoms with Crippen LogP contribution in [0.5, 0.6) is 0 Å². The van der Waals surface area contributed by atoms with Gasteiger partial charge in [-0.1, -0.05) is 17.7 Å². The molecule has 0 spiro atoms. The van der Waals surface area contributed by atoms with Crippen molar-refractivity contribution in [1.29, 1.82) is 0 Å². The maximum atomic E-state index is 12.7. The normalized spacial score (nSPS) is 15.2. The second-order valence-electron chi connectivity index (χ2n) is 7.31. The van der Waals surface area contributed by atoms with Gasteiger partial charge < -0.3 is 14.1 Å². The topological polar surface area (TPSA) is 72.6 Å². The number of rotatable bonds is 5. The van der Waals surface area contributed by atoms with Crippen molar-refractivity contribution < 1.29 is 18.2 Å². The Morgan fingerprint density at radius 3 is 2.37 bits per heavy atom. The lowest BCUT2D eigenvalue weighted by Crippen LogP contribution is -2.40. The number of amides is 1. The first kappa shape index (κ1) is 20.5. The molecule has 30 heavy (non-hydrogen) atoms. The molecule has 0 radical (unpaired) electrons. The molecule has 3 aromatic rings. The van der Waals surface area contributed by atoms with E-state index in [0.717, 1.165) is 16.0 Å². The van der Waals surface area contributed by atoms with Gasteiger partial charge in [0.2, 0.25) is 5.89 Å². The van der Waals surface area contributed by atoms with E-state index < -0.39 is 10.8 Å². The molecule has 0 unspecified atom stereocenters. The van der Waals surface area contributed by atoms with Crippen molar-refractivity contribution in [1.82, 2.24) is 9.88 Å². The van der Waals surface area contributed by atoms with E-state index in [0.29, 0.717) is 55.0 Å². The van der Waals surface area contributed by atoms with Crippen molar-refractivity contribution in [3.8, 4) is 11.5 Å². The van der Waals surface area contributed by atoms with Crippen LogP contribution in [0, 0.1) is 13.8 Å². The van der Waals surface area contributed by atoms with Gasteiger partial charge in [0.05, 0.1) is 35.5 Å². The molecule has 1 atom stereocenters. The van der Waals surface area contributed by atoms with Gasteiger partial charge in [-0.15, -0.1) is 0 Å². The van der Waals surface area contributed by atoms with E-state index in [2.05, 4.69) is 4.98 Å². The fourth-order valence-corrected chi connectivity index (χ4v) is 4.41. The molecule has 0 aliphatic carbocycles. The van der Waals surface area contributed by atoms with Crippen LogP contribution >= 0.6 is 0 Å². The summed E-state index contributed by atoms with van der Waals surface area (Å²) in [5.74, 6) is 1.42. The molecule has 2 heterocycles. The van der Waals surface area contributed by atoms with Crippen molar-refractivity contribution in [2.75, 3.05) is 26.3 Å². The van der Waals surface area contributed by atoms with Crippen molar-refractivity contribution >= 4 is 16.7 Å². The van der Waals surface area contributed by atoms with Crippen LogP contribution in [0.25, 0.3) is 11.5 Å². The molecular formula is C23H24N2O4S. The molecule has 0 bridgehead atoms. The van der Waals surface area contributed by atoms with Crippen molar-refractivity contribution in [2.24, 2.45) is 0 Å². The van der Waals surface area contributed by atoms with Gasteiger partial charge in [-0.2, -0.15) is 0 Å². The number of oxazole rings is 1. The Morgan fingerprint density at radius 1 is 1.03 bits per heavy atom. The zero-order valence-electron chi connectivity index (χ0n) is 17.1. The Bertz CT molecular complexity index is 1050. The van der Waals surface area contributed by atoms with Crippen LogP contribution in [0.3, 0.4) is 0 Å². The Hall–Kier alpha value is -2.77. The molecule has 1 aliphatic rings. The average Bonchev–Trinajstić information content (AvgIpc) is 3.14. The summed E-state index contributed by atoms with van der Waals surface area (Å²) in [5, 5.41) is 0. The van der Waals surface area contributed by atoms with Crippen LogP contribution in [-0.4, -0.2) is 46.3 Å². The van der Waals surface area contributed by atoms with Gasteiger partial charge in [-0.25, -0.2) is 4.98 Å². The number of nitrogens with zero attached hydrogens (tertiary/aromatic N) is 2. The van der Waals surface area contributed by atoms with E-state index in [9.17, 15) is 9.00 Å². The quantitative estimate of drug-likeness (QED) is 0.624. The number of ether oxygens (including phenoxy) is 1. The monoisotopic (exact) mass is 424 g/mol. The van der Waals surface area contributed by atoms with Crippen LogP contribution in [0.2, 0.25) is 0 Å². The lowest BCUT2D eigenvalue weighted by molar-refractivity contribution is 0.0303. The van der Waals surface area contributed by atoms with Gasteiger partial charge in [-0.05, 0) is 50.2 Å². The SMILES string of the molecule is Cc1ccc([S@](=O)Cc2nc(-c3ccc(C(=O)N4CCOCC4)cc3)oc2C)cc1. The predicted octanol–water partition coefficient (Wildman–Crippen LogP) is 3.74. The van der Waals surface area contributed by atoms with Crippen molar-refractivity contribution in [2.45, 2.75) is 24.5 Å². The lowest BCUT2D eigenvalue weighted by Gasteiger charge is -2.26. The largest absolute Gasteiger partial charge is 0.441 e. The third kappa shape index (κ3) is 4.52. The fraction of sp³-hybridized carbons (Fsp3) is 0.304. The minimum Gasteiger partial charge on any atom is -0.441 e. The van der Waals surface area contributed by atoms with Crippen LogP contribution in [0.4, 0.5) is 0 Å². The zero-order chi connectivity index (χ0) is 21.1. The third-order valence-electron chi connectivity index (χ3n) is 5.12. The summed E-state index contributed by atoms with van der Waals surface area (Å²) < 4.78 is 23.8. The number of hydrogen-bond donors (Lipinski definition) is 0. The molecule has 1 fully saturated rings. The number of benzene rings is 2. The Morgan fingerprint density at radius 2 is 1.70 bits per heavy atom. The number of hydrogen-bond acceptors (Lipinski definition) is 5. The molecule has 7 heteroatoms. The number of aromatic nitrogens is 1. The third-order valence-corrected chi connectivity index (χ3v) is 6.46. The molecule has 1 amide bonds. The highest BCUT2D eigenvalue weighted by Crippen LogP contribution is 2.24. The second kappa shape index (κ2) is 8.93. The molecule has 1 aromatic heterocycles. The molecule has 156 valence electrons. The minimum atomic E-state index is -1.19. The first-order valence-corrected chi connectivity index (χ1v) is 11.2. The highest BCUT2D eigenvalue weighted by atomic mass is 32.2. The smallest absolute Gasteiger partial charge is 0.254 e. The summed E-state index contributed by atoms with van der Waals surface area (Å²) in [7, 11) is -1.19. The van der Waals surface area contributed by atoms with E-state index in [-0.39, 0.29) is 5.91 Å². The van der Waals surface area contributed by atoms with Gasteiger partial charge in [0.15, 0.2) is 0 Å². The first-order valence-electron chi connectivity index (χ1n) is 9.90. The van der Waals surface area contributed by atoms with Gasteiger partial charge in [-0.3, -0.25) is 9.00 Å². The summed E-state index contributed by atoms with van der Waals surface area (Å²) in [6.45, 7) is 6.20. The number of carbonyl (C=O) groups is 1. The second-order valence-corrected chi connectivity index (χ2v) is 8.76. The highest BCUT2D eigenvalue weighted by molar-refractivity contribution is 7.84. The molecule has 4 rings (SSSR count). The van der Waals surface area contributed by atoms with Crippen LogP contribution < -0.4 is 0 Å². The highest BCUT2D eigenvalue weighted by Gasteiger charge is 2.19. The standard InChI is InChI=1S/C23H24N2O4S/c1-16-3-9-20(10-4-16)30(27)15-21-17(2)29-22(24-21)18-5-7-19(8-6-18)23(26)25-11-13-28-14-12-25/h3-10H,11-15H2,1-2H3/t30-/m1/s1. The van der Waals surface area contributed by atoms with Crippen LogP contribution in [0.1, 0.15) is 27.4 Å². The zero-order valence-corrected chi connectivity index (χ0v) is 17.9. The Balaban J connectivity index is 1.47. The van der Waals surface area contributed by atoms with E-state index in [1.807, 2.05) is 50.2 Å². The van der Waals surface area contributed by atoms with Crippen molar-refractivity contribution in [3.63, 3.8) is 0 Å². The summed E-state index contributed by atoms with van der Waals surface area (Å²) in [6.07, 6.45) is 0. The predicted molar refractivity (Wildman–Crippen MR) is 115 cm³/mol. The molecular weight excluding hydrogens is 400 g/mol. The van der Waals surface area contributed by atoms with Crippen LogP contribution in [-0.2, 0) is 21.3 Å². The Kier molecular flexibility index (Phi) is 6.11. The number of aryl methyl sites for hydroxylation is 2. The lowest BCUT2D eigenvalue weighted by atomic mass is 10.1. The average molecular weight is 425 g/mol. The summed E-state index contributed by atoms with van der Waals surface area (Å²) in [6, 6.07) is 14.9. The maximum Gasteiger partial charge on any atom is 0.254 e.